The van der Waals surface area contributed by atoms with Crippen molar-refractivity contribution < 1.29 is 9.59 Å². The van der Waals surface area contributed by atoms with E-state index in [1.54, 1.807) is 12.1 Å². The number of halogens is 1. The summed E-state index contributed by atoms with van der Waals surface area (Å²) in [6.45, 7) is 6.90. The number of aromatic nitrogens is 2. The van der Waals surface area contributed by atoms with Crippen LogP contribution in [0.5, 0.6) is 0 Å². The summed E-state index contributed by atoms with van der Waals surface area (Å²) in [4.78, 5) is 36.2. The lowest BCUT2D eigenvalue weighted by atomic mass is 10.1. The number of nitrogens with one attached hydrogen (secondary N) is 2. The highest BCUT2D eigenvalue weighted by molar-refractivity contribution is 6.34. The van der Waals surface area contributed by atoms with Gasteiger partial charge in [-0.1, -0.05) is 32.4 Å². The van der Waals surface area contributed by atoms with Crippen LogP contribution >= 0.6 is 11.6 Å². The minimum Gasteiger partial charge on any atom is -0.352 e. The van der Waals surface area contributed by atoms with Crippen molar-refractivity contribution in [2.24, 2.45) is 5.92 Å². The third-order valence-electron chi connectivity index (χ3n) is 3.68. The van der Waals surface area contributed by atoms with Crippen molar-refractivity contribution in [2.45, 2.75) is 33.7 Å². The first-order chi connectivity index (χ1) is 12.8. The molecule has 7 nitrogen and oxygen atoms in total. The van der Waals surface area contributed by atoms with Crippen LogP contribution in [-0.2, 0) is 6.54 Å². The summed E-state index contributed by atoms with van der Waals surface area (Å²) in [5.41, 5.74) is 0.636. The average molecular weight is 391 g/mol. The molecule has 0 unspecified atom stereocenters. The van der Waals surface area contributed by atoms with E-state index in [2.05, 4.69) is 15.7 Å². The number of aryl methyl sites for hydroxylation is 1. The summed E-state index contributed by atoms with van der Waals surface area (Å²) >= 11 is 6.18. The molecule has 0 bridgehead atoms. The fraction of sp³-hybridized carbons (Fsp3) is 0.368. The van der Waals surface area contributed by atoms with Crippen LogP contribution in [0.3, 0.4) is 0 Å². The zero-order chi connectivity index (χ0) is 20.0. The number of rotatable bonds is 7. The van der Waals surface area contributed by atoms with E-state index in [0.29, 0.717) is 30.3 Å². The van der Waals surface area contributed by atoms with Gasteiger partial charge in [-0.3, -0.25) is 14.4 Å². The molecule has 27 heavy (non-hydrogen) atoms. The maximum absolute atomic E-state index is 12.4. The summed E-state index contributed by atoms with van der Waals surface area (Å²) in [5.74, 6) is -0.400. The molecular weight excluding hydrogens is 368 g/mol. The van der Waals surface area contributed by atoms with Crippen molar-refractivity contribution >= 4 is 29.1 Å². The molecule has 0 saturated heterocycles. The van der Waals surface area contributed by atoms with Gasteiger partial charge in [-0.25, -0.2) is 4.68 Å². The van der Waals surface area contributed by atoms with Gasteiger partial charge in [0.2, 0.25) is 0 Å². The van der Waals surface area contributed by atoms with Crippen molar-refractivity contribution in [1.82, 2.24) is 15.1 Å². The van der Waals surface area contributed by atoms with Crippen molar-refractivity contribution in [2.75, 3.05) is 11.9 Å². The van der Waals surface area contributed by atoms with Crippen LogP contribution < -0.4 is 16.2 Å². The van der Waals surface area contributed by atoms with Crippen LogP contribution in [0.25, 0.3) is 0 Å². The number of amides is 2. The van der Waals surface area contributed by atoms with Crippen molar-refractivity contribution in [1.29, 1.82) is 0 Å². The van der Waals surface area contributed by atoms with E-state index >= 15 is 0 Å². The van der Waals surface area contributed by atoms with Gasteiger partial charge in [-0.05, 0) is 36.6 Å². The van der Waals surface area contributed by atoms with Gasteiger partial charge < -0.3 is 10.6 Å². The molecule has 2 aromatic rings. The van der Waals surface area contributed by atoms with Crippen molar-refractivity contribution in [3.63, 3.8) is 0 Å². The van der Waals surface area contributed by atoms with Gasteiger partial charge in [0.1, 0.15) is 5.69 Å². The topological polar surface area (TPSA) is 93.1 Å². The van der Waals surface area contributed by atoms with E-state index in [-0.39, 0.29) is 22.2 Å². The molecule has 0 radical (unpaired) electrons. The van der Waals surface area contributed by atoms with Crippen LogP contribution in [0.1, 0.15) is 48.0 Å². The molecule has 8 heteroatoms. The van der Waals surface area contributed by atoms with Crippen LogP contribution in [0, 0.1) is 5.92 Å². The fourth-order valence-electron chi connectivity index (χ4n) is 2.31. The lowest BCUT2D eigenvalue weighted by Crippen LogP contribution is -2.27. The van der Waals surface area contributed by atoms with E-state index < -0.39 is 5.91 Å². The van der Waals surface area contributed by atoms with Gasteiger partial charge in [0, 0.05) is 24.8 Å². The molecule has 1 heterocycles. The SMILES string of the molecule is CCCn1nc(C(=O)Nc2ccc(C(=O)NCC(C)C)c(Cl)c2)ccc1=O. The van der Waals surface area contributed by atoms with Gasteiger partial charge >= 0.3 is 0 Å². The first kappa shape index (κ1) is 20.6. The summed E-state index contributed by atoms with van der Waals surface area (Å²) in [6, 6.07) is 7.34. The molecule has 2 rings (SSSR count). The monoisotopic (exact) mass is 390 g/mol. The van der Waals surface area contributed by atoms with Crippen molar-refractivity contribution in [3.8, 4) is 0 Å². The summed E-state index contributed by atoms with van der Waals surface area (Å²) in [6.07, 6.45) is 0.730. The molecule has 0 aliphatic heterocycles. The molecule has 2 amide bonds. The van der Waals surface area contributed by atoms with E-state index in [1.807, 2.05) is 20.8 Å². The highest BCUT2D eigenvalue weighted by Crippen LogP contribution is 2.21. The Morgan fingerprint density at radius 1 is 1.19 bits per heavy atom. The molecule has 0 aliphatic carbocycles. The maximum atomic E-state index is 12.4. The van der Waals surface area contributed by atoms with Gasteiger partial charge in [0.15, 0.2) is 0 Å². The predicted molar refractivity (Wildman–Crippen MR) is 105 cm³/mol. The van der Waals surface area contributed by atoms with E-state index in [1.165, 1.54) is 22.9 Å². The fourth-order valence-corrected chi connectivity index (χ4v) is 2.57. The summed E-state index contributed by atoms with van der Waals surface area (Å²) in [7, 11) is 0. The molecular formula is C19H23ClN4O3. The number of benzene rings is 1. The molecule has 0 spiro atoms. The largest absolute Gasteiger partial charge is 0.352 e. The quantitative estimate of drug-likeness (QED) is 0.760. The minimum atomic E-state index is -0.465. The number of hydrogen-bond donors (Lipinski definition) is 2. The lowest BCUT2D eigenvalue weighted by Gasteiger charge is -2.11. The Hall–Kier alpha value is -2.67. The molecule has 144 valence electrons. The van der Waals surface area contributed by atoms with Gasteiger partial charge in [-0.2, -0.15) is 5.10 Å². The summed E-state index contributed by atoms with van der Waals surface area (Å²) < 4.78 is 1.25. The first-order valence-corrected chi connectivity index (χ1v) is 9.17. The molecule has 2 N–H and O–H groups in total. The Morgan fingerprint density at radius 2 is 1.93 bits per heavy atom. The first-order valence-electron chi connectivity index (χ1n) is 8.79. The zero-order valence-corrected chi connectivity index (χ0v) is 16.3. The predicted octanol–water partition coefficient (Wildman–Crippen LogP) is 2.94. The Bertz CT molecular complexity index is 893. The third kappa shape index (κ3) is 5.65. The second-order valence-corrected chi connectivity index (χ2v) is 6.94. The van der Waals surface area contributed by atoms with Gasteiger partial charge in [0.05, 0.1) is 10.6 Å². The van der Waals surface area contributed by atoms with E-state index in [0.717, 1.165) is 6.42 Å². The third-order valence-corrected chi connectivity index (χ3v) is 3.99. The maximum Gasteiger partial charge on any atom is 0.276 e. The Balaban J connectivity index is 2.12. The molecule has 0 aliphatic rings. The van der Waals surface area contributed by atoms with E-state index in [4.69, 9.17) is 11.6 Å². The smallest absolute Gasteiger partial charge is 0.276 e. The number of anilines is 1. The van der Waals surface area contributed by atoms with Crippen LogP contribution in [-0.4, -0.2) is 28.1 Å². The van der Waals surface area contributed by atoms with E-state index in [9.17, 15) is 14.4 Å². The molecule has 0 fully saturated rings. The highest BCUT2D eigenvalue weighted by Gasteiger charge is 2.14. The Kier molecular flexibility index (Phi) is 7.12. The average Bonchev–Trinajstić information content (AvgIpc) is 2.61. The second-order valence-electron chi connectivity index (χ2n) is 6.53. The molecule has 1 aromatic heterocycles. The normalized spacial score (nSPS) is 10.7. The Labute approximate surface area is 162 Å². The van der Waals surface area contributed by atoms with Crippen LogP contribution in [0.4, 0.5) is 5.69 Å². The summed E-state index contributed by atoms with van der Waals surface area (Å²) in [5, 5.41) is 9.76. The number of nitrogens with zero attached hydrogens (tertiary/aromatic N) is 2. The second kappa shape index (κ2) is 9.32. The van der Waals surface area contributed by atoms with Crippen LogP contribution in [0.2, 0.25) is 5.02 Å². The molecule has 1 aromatic carbocycles. The number of hydrogen-bond acceptors (Lipinski definition) is 4. The van der Waals surface area contributed by atoms with Gasteiger partial charge in [0.25, 0.3) is 17.4 Å². The highest BCUT2D eigenvalue weighted by atomic mass is 35.5. The minimum absolute atomic E-state index is 0.123. The lowest BCUT2D eigenvalue weighted by molar-refractivity contribution is 0.0948. The zero-order valence-electron chi connectivity index (χ0n) is 15.6. The standard InChI is InChI=1S/C19H23ClN4O3/c1-4-9-24-17(25)8-7-16(23-24)19(27)22-13-5-6-14(15(20)10-13)18(26)21-11-12(2)3/h5-8,10,12H,4,9,11H2,1-3H3,(H,21,26)(H,22,27). The molecule has 0 atom stereocenters. The number of carbonyl (C=O) groups excluding carboxylic acids is 2. The van der Waals surface area contributed by atoms with Gasteiger partial charge in [-0.15, -0.1) is 0 Å². The van der Waals surface area contributed by atoms with Crippen LogP contribution in [0.15, 0.2) is 35.1 Å². The Morgan fingerprint density at radius 3 is 2.56 bits per heavy atom. The van der Waals surface area contributed by atoms with Crippen molar-refractivity contribution in [3.05, 3.63) is 57.0 Å². The number of carbonyl (C=O) groups is 2. The molecule has 0 saturated carbocycles.